The van der Waals surface area contributed by atoms with E-state index in [0.717, 1.165) is 16.6 Å². The van der Waals surface area contributed by atoms with Crippen LogP contribution in [0.1, 0.15) is 12.6 Å². The van der Waals surface area contributed by atoms with Crippen molar-refractivity contribution in [3.63, 3.8) is 0 Å². The molecule has 0 radical (unpaired) electrons. The maximum absolute atomic E-state index is 11.6. The first-order valence-corrected chi connectivity index (χ1v) is 6.00. The van der Waals surface area contributed by atoms with E-state index < -0.39 is 0 Å². The van der Waals surface area contributed by atoms with Crippen molar-refractivity contribution in [2.24, 2.45) is 0 Å². The van der Waals surface area contributed by atoms with Gasteiger partial charge in [0.15, 0.2) is 0 Å². The molecule has 0 fully saturated rings. The summed E-state index contributed by atoms with van der Waals surface area (Å²) >= 11 is 0. The average molecular weight is 240 g/mol. The molecule has 0 spiro atoms. The van der Waals surface area contributed by atoms with Crippen molar-refractivity contribution in [2.45, 2.75) is 13.5 Å². The summed E-state index contributed by atoms with van der Waals surface area (Å²) < 4.78 is 0. The fraction of sp³-hybridized carbons (Fsp3) is 0.200. The molecule has 1 aromatic heterocycles. The highest BCUT2D eigenvalue weighted by atomic mass is 16.2. The van der Waals surface area contributed by atoms with Crippen LogP contribution < -0.4 is 0 Å². The molecule has 0 unspecified atom stereocenters. The van der Waals surface area contributed by atoms with Gasteiger partial charge < -0.3 is 4.90 Å². The lowest BCUT2D eigenvalue weighted by molar-refractivity contribution is -0.126. The minimum Gasteiger partial charge on any atom is -0.334 e. The number of likely N-dealkylation sites (N-methyl/N-ethyl adjacent to an activating group) is 1. The van der Waals surface area contributed by atoms with Gasteiger partial charge in [0.25, 0.3) is 0 Å². The Morgan fingerprint density at radius 2 is 2.11 bits per heavy atom. The van der Waals surface area contributed by atoms with Crippen molar-refractivity contribution in [3.05, 3.63) is 54.7 Å². The summed E-state index contributed by atoms with van der Waals surface area (Å²) in [6, 6.07) is 11.9. The van der Waals surface area contributed by atoms with Gasteiger partial charge in [-0.15, -0.1) is 0 Å². The Hall–Kier alpha value is -2.16. The van der Waals surface area contributed by atoms with Crippen LogP contribution in [0.4, 0.5) is 0 Å². The Kier molecular flexibility index (Phi) is 3.72. The van der Waals surface area contributed by atoms with E-state index in [9.17, 15) is 4.79 Å². The number of carbonyl (C=O) groups is 1. The molecule has 3 heteroatoms. The van der Waals surface area contributed by atoms with Gasteiger partial charge in [-0.05, 0) is 25.1 Å². The maximum Gasteiger partial charge on any atom is 0.246 e. The van der Waals surface area contributed by atoms with Gasteiger partial charge >= 0.3 is 0 Å². The minimum atomic E-state index is -0.0625. The van der Waals surface area contributed by atoms with Gasteiger partial charge in [0, 0.05) is 11.9 Å². The standard InChI is InChI=1S/C15H16N2O/c1-3-15(18)17(4-2)11-13-10-9-12-7-5-6-8-14(12)16-13/h3,5-10H,1,4,11H2,2H3. The molecule has 1 heterocycles. The predicted octanol–water partition coefficient (Wildman–Crippen LogP) is 2.77. The highest BCUT2D eigenvalue weighted by molar-refractivity contribution is 5.87. The largest absolute Gasteiger partial charge is 0.334 e. The third-order valence-electron chi connectivity index (χ3n) is 2.88. The molecule has 0 N–H and O–H groups in total. The van der Waals surface area contributed by atoms with Gasteiger partial charge in [0.05, 0.1) is 17.8 Å². The van der Waals surface area contributed by atoms with Crippen molar-refractivity contribution in [1.29, 1.82) is 0 Å². The Morgan fingerprint density at radius 3 is 2.83 bits per heavy atom. The van der Waals surface area contributed by atoms with Crippen LogP contribution in [-0.2, 0) is 11.3 Å². The molecular formula is C15H16N2O. The molecule has 92 valence electrons. The molecule has 2 rings (SSSR count). The lowest BCUT2D eigenvalue weighted by atomic mass is 10.2. The van der Waals surface area contributed by atoms with Crippen LogP contribution in [0.3, 0.4) is 0 Å². The number of pyridine rings is 1. The second-order valence-corrected chi connectivity index (χ2v) is 4.05. The first kappa shape index (κ1) is 12.3. The summed E-state index contributed by atoms with van der Waals surface area (Å²) in [7, 11) is 0. The summed E-state index contributed by atoms with van der Waals surface area (Å²) in [5.41, 5.74) is 1.85. The fourth-order valence-corrected chi connectivity index (χ4v) is 1.87. The summed E-state index contributed by atoms with van der Waals surface area (Å²) in [6.07, 6.45) is 1.34. The number of carbonyl (C=O) groups excluding carboxylic acids is 1. The highest BCUT2D eigenvalue weighted by Gasteiger charge is 2.09. The molecule has 0 saturated carbocycles. The quantitative estimate of drug-likeness (QED) is 0.770. The van der Waals surface area contributed by atoms with Gasteiger partial charge in [0.1, 0.15) is 0 Å². The number of rotatable bonds is 4. The second-order valence-electron chi connectivity index (χ2n) is 4.05. The van der Waals surface area contributed by atoms with Crippen LogP contribution in [0.15, 0.2) is 49.1 Å². The number of fused-ring (bicyclic) bond motifs is 1. The van der Waals surface area contributed by atoms with Crippen LogP contribution in [0.5, 0.6) is 0 Å². The zero-order valence-electron chi connectivity index (χ0n) is 10.5. The van der Waals surface area contributed by atoms with Crippen LogP contribution in [0.2, 0.25) is 0 Å². The molecule has 0 aliphatic rings. The maximum atomic E-state index is 11.6. The van der Waals surface area contributed by atoms with Crippen molar-refractivity contribution in [3.8, 4) is 0 Å². The molecule has 0 atom stereocenters. The number of hydrogen-bond donors (Lipinski definition) is 0. The van der Waals surface area contributed by atoms with E-state index in [1.54, 1.807) is 4.90 Å². The van der Waals surface area contributed by atoms with Gasteiger partial charge in [-0.25, -0.2) is 0 Å². The number of nitrogens with zero attached hydrogens (tertiary/aromatic N) is 2. The summed E-state index contributed by atoms with van der Waals surface area (Å²) in [5.74, 6) is -0.0625. The first-order chi connectivity index (χ1) is 8.74. The number of hydrogen-bond acceptors (Lipinski definition) is 2. The van der Waals surface area contributed by atoms with Crippen LogP contribution in [-0.4, -0.2) is 22.3 Å². The van der Waals surface area contributed by atoms with Gasteiger partial charge in [-0.3, -0.25) is 9.78 Å². The summed E-state index contributed by atoms with van der Waals surface area (Å²) in [4.78, 5) is 17.9. The Balaban J connectivity index is 2.25. The van der Waals surface area contributed by atoms with Gasteiger partial charge in [-0.1, -0.05) is 30.8 Å². The average Bonchev–Trinajstić information content (AvgIpc) is 2.43. The molecule has 0 bridgehead atoms. The Bertz CT molecular complexity index is 577. The summed E-state index contributed by atoms with van der Waals surface area (Å²) in [6.45, 7) is 6.63. The molecule has 0 aliphatic heterocycles. The molecule has 2 aromatic rings. The van der Waals surface area contributed by atoms with Gasteiger partial charge in [-0.2, -0.15) is 0 Å². The molecule has 0 saturated heterocycles. The van der Waals surface area contributed by atoms with Crippen molar-refractivity contribution in [2.75, 3.05) is 6.54 Å². The number of para-hydroxylation sites is 1. The zero-order chi connectivity index (χ0) is 13.0. The SMILES string of the molecule is C=CC(=O)N(CC)Cc1ccc2ccccc2n1. The molecule has 0 aliphatic carbocycles. The summed E-state index contributed by atoms with van der Waals surface area (Å²) in [5, 5.41) is 1.11. The monoisotopic (exact) mass is 240 g/mol. The van der Waals surface area contributed by atoms with Crippen LogP contribution in [0.25, 0.3) is 10.9 Å². The van der Waals surface area contributed by atoms with Gasteiger partial charge in [0.2, 0.25) is 5.91 Å². The first-order valence-electron chi connectivity index (χ1n) is 6.00. The lowest BCUT2D eigenvalue weighted by Gasteiger charge is -2.18. The molecule has 1 aromatic carbocycles. The van der Waals surface area contributed by atoms with E-state index in [4.69, 9.17) is 0 Å². The lowest BCUT2D eigenvalue weighted by Crippen LogP contribution is -2.28. The number of aromatic nitrogens is 1. The smallest absolute Gasteiger partial charge is 0.246 e. The zero-order valence-corrected chi connectivity index (χ0v) is 10.5. The third kappa shape index (κ3) is 2.56. The topological polar surface area (TPSA) is 33.2 Å². The molecule has 18 heavy (non-hydrogen) atoms. The second kappa shape index (κ2) is 5.45. The minimum absolute atomic E-state index is 0.0625. The fourth-order valence-electron chi connectivity index (χ4n) is 1.87. The van der Waals surface area contributed by atoms with E-state index in [0.29, 0.717) is 13.1 Å². The van der Waals surface area contributed by atoms with E-state index in [-0.39, 0.29) is 5.91 Å². The Morgan fingerprint density at radius 1 is 1.33 bits per heavy atom. The molecule has 3 nitrogen and oxygen atoms in total. The number of amides is 1. The van der Waals surface area contributed by atoms with E-state index in [1.165, 1.54) is 6.08 Å². The number of benzene rings is 1. The van der Waals surface area contributed by atoms with E-state index >= 15 is 0 Å². The predicted molar refractivity (Wildman–Crippen MR) is 73.0 cm³/mol. The van der Waals surface area contributed by atoms with E-state index in [1.807, 2.05) is 43.3 Å². The van der Waals surface area contributed by atoms with Crippen LogP contribution in [0, 0.1) is 0 Å². The van der Waals surface area contributed by atoms with Crippen molar-refractivity contribution in [1.82, 2.24) is 9.88 Å². The highest BCUT2D eigenvalue weighted by Crippen LogP contribution is 2.13. The third-order valence-corrected chi connectivity index (χ3v) is 2.88. The normalized spacial score (nSPS) is 10.3. The molecular weight excluding hydrogens is 224 g/mol. The van der Waals surface area contributed by atoms with Crippen LogP contribution >= 0.6 is 0 Å². The van der Waals surface area contributed by atoms with E-state index in [2.05, 4.69) is 11.6 Å². The Labute approximate surface area is 107 Å². The van der Waals surface area contributed by atoms with Crippen molar-refractivity contribution < 1.29 is 4.79 Å². The molecule has 1 amide bonds. The van der Waals surface area contributed by atoms with Crippen molar-refractivity contribution >= 4 is 16.8 Å².